The van der Waals surface area contributed by atoms with Crippen LogP contribution < -0.4 is 5.32 Å². The number of nitrogens with zero attached hydrogens (tertiary/aromatic N) is 3. The van der Waals surface area contributed by atoms with E-state index in [1.165, 1.54) is 17.2 Å². The second-order valence-electron chi connectivity index (χ2n) is 5.58. The number of rotatable bonds is 2. The predicted molar refractivity (Wildman–Crippen MR) is 90.8 cm³/mol. The van der Waals surface area contributed by atoms with E-state index in [1.54, 1.807) is 0 Å². The lowest BCUT2D eigenvalue weighted by atomic mass is 10.1. The van der Waals surface area contributed by atoms with E-state index in [9.17, 15) is 0 Å². The normalized spacial score (nSPS) is 17.6. The SMILES string of the molecule is Cc1nc(C2CCCN2)n(-c2cccc3ccccc23)n1.Cl. The van der Waals surface area contributed by atoms with E-state index in [0.29, 0.717) is 6.04 Å². The van der Waals surface area contributed by atoms with Gasteiger partial charge in [0.1, 0.15) is 11.6 Å². The highest BCUT2D eigenvalue weighted by Crippen LogP contribution is 2.27. The first-order chi connectivity index (χ1) is 10.3. The Balaban J connectivity index is 0.00000144. The Bertz CT molecular complexity index is 785. The van der Waals surface area contributed by atoms with Crippen LogP contribution in [0.2, 0.25) is 0 Å². The van der Waals surface area contributed by atoms with E-state index >= 15 is 0 Å². The van der Waals surface area contributed by atoms with E-state index in [0.717, 1.165) is 30.3 Å². The van der Waals surface area contributed by atoms with Gasteiger partial charge in [0.2, 0.25) is 0 Å². The van der Waals surface area contributed by atoms with E-state index in [-0.39, 0.29) is 12.4 Å². The molecule has 5 heteroatoms. The van der Waals surface area contributed by atoms with Crippen LogP contribution in [0.25, 0.3) is 16.5 Å². The van der Waals surface area contributed by atoms with Crippen LogP contribution in [-0.2, 0) is 0 Å². The van der Waals surface area contributed by atoms with Crippen LogP contribution in [0, 0.1) is 6.92 Å². The molecular formula is C17H19ClN4. The molecule has 2 heterocycles. The summed E-state index contributed by atoms with van der Waals surface area (Å²) < 4.78 is 2.01. The molecule has 1 fully saturated rings. The molecule has 3 aromatic rings. The van der Waals surface area contributed by atoms with Crippen molar-refractivity contribution in [3.05, 3.63) is 54.1 Å². The van der Waals surface area contributed by atoms with Gasteiger partial charge < -0.3 is 5.32 Å². The Morgan fingerprint density at radius 3 is 2.77 bits per heavy atom. The second-order valence-corrected chi connectivity index (χ2v) is 5.58. The molecule has 4 nitrogen and oxygen atoms in total. The third kappa shape index (κ3) is 2.49. The highest BCUT2D eigenvalue weighted by molar-refractivity contribution is 5.90. The van der Waals surface area contributed by atoms with Gasteiger partial charge >= 0.3 is 0 Å². The van der Waals surface area contributed by atoms with Gasteiger partial charge in [-0.3, -0.25) is 0 Å². The first kappa shape index (κ1) is 15.0. The fourth-order valence-electron chi connectivity index (χ4n) is 3.13. The Hall–Kier alpha value is -1.91. The van der Waals surface area contributed by atoms with Crippen LogP contribution in [0.1, 0.15) is 30.5 Å². The average Bonchev–Trinajstić information content (AvgIpc) is 3.15. The van der Waals surface area contributed by atoms with Gasteiger partial charge in [-0.05, 0) is 37.8 Å². The minimum atomic E-state index is 0. The number of aryl methyl sites for hydroxylation is 1. The van der Waals surface area contributed by atoms with Crippen molar-refractivity contribution in [3.63, 3.8) is 0 Å². The number of fused-ring (bicyclic) bond motifs is 1. The maximum Gasteiger partial charge on any atom is 0.149 e. The highest BCUT2D eigenvalue weighted by Gasteiger charge is 2.23. The van der Waals surface area contributed by atoms with Gasteiger partial charge in [-0.25, -0.2) is 9.67 Å². The van der Waals surface area contributed by atoms with Crippen LogP contribution in [0.5, 0.6) is 0 Å². The minimum Gasteiger partial charge on any atom is -0.307 e. The quantitative estimate of drug-likeness (QED) is 0.786. The molecule has 0 aliphatic carbocycles. The summed E-state index contributed by atoms with van der Waals surface area (Å²) in [6, 6.07) is 15.1. The zero-order valence-corrected chi connectivity index (χ0v) is 13.3. The smallest absolute Gasteiger partial charge is 0.149 e. The largest absolute Gasteiger partial charge is 0.307 e. The first-order valence-corrected chi connectivity index (χ1v) is 7.48. The fourth-order valence-corrected chi connectivity index (χ4v) is 3.13. The summed E-state index contributed by atoms with van der Waals surface area (Å²) in [6.45, 7) is 3.02. The molecule has 1 N–H and O–H groups in total. The lowest BCUT2D eigenvalue weighted by Gasteiger charge is -2.13. The monoisotopic (exact) mass is 314 g/mol. The molecule has 1 aliphatic rings. The van der Waals surface area contributed by atoms with Crippen LogP contribution in [-0.4, -0.2) is 21.3 Å². The zero-order valence-electron chi connectivity index (χ0n) is 12.5. The molecule has 0 saturated carbocycles. The Labute approximate surface area is 136 Å². The van der Waals surface area contributed by atoms with Crippen molar-refractivity contribution in [2.75, 3.05) is 6.54 Å². The Kier molecular flexibility index (Phi) is 4.14. The molecule has 2 aromatic carbocycles. The van der Waals surface area contributed by atoms with Crippen molar-refractivity contribution in [2.24, 2.45) is 0 Å². The number of halogens is 1. The van der Waals surface area contributed by atoms with Crippen molar-refractivity contribution in [1.29, 1.82) is 0 Å². The molecule has 0 radical (unpaired) electrons. The van der Waals surface area contributed by atoms with Crippen LogP contribution >= 0.6 is 12.4 Å². The summed E-state index contributed by atoms with van der Waals surface area (Å²) in [5.41, 5.74) is 1.11. The maximum atomic E-state index is 4.67. The summed E-state index contributed by atoms with van der Waals surface area (Å²) in [5.74, 6) is 1.85. The van der Waals surface area contributed by atoms with Gasteiger partial charge in [0.15, 0.2) is 0 Å². The van der Waals surface area contributed by atoms with Crippen molar-refractivity contribution in [3.8, 4) is 5.69 Å². The third-order valence-corrected chi connectivity index (χ3v) is 4.10. The molecule has 1 aromatic heterocycles. The zero-order chi connectivity index (χ0) is 14.2. The molecule has 1 saturated heterocycles. The summed E-state index contributed by atoms with van der Waals surface area (Å²) >= 11 is 0. The van der Waals surface area contributed by atoms with Crippen molar-refractivity contribution < 1.29 is 0 Å². The molecule has 0 bridgehead atoms. The molecule has 1 aliphatic heterocycles. The number of hydrogen-bond acceptors (Lipinski definition) is 3. The van der Waals surface area contributed by atoms with Gasteiger partial charge in [-0.1, -0.05) is 36.4 Å². The van der Waals surface area contributed by atoms with Crippen LogP contribution in [0.3, 0.4) is 0 Å². The predicted octanol–water partition coefficient (Wildman–Crippen LogP) is 3.58. The molecule has 4 rings (SSSR count). The summed E-state index contributed by atoms with van der Waals surface area (Å²) in [5, 5.41) is 10.6. The fraction of sp³-hybridized carbons (Fsp3) is 0.294. The molecule has 22 heavy (non-hydrogen) atoms. The van der Waals surface area contributed by atoms with E-state index in [2.05, 4.69) is 57.9 Å². The number of hydrogen-bond donors (Lipinski definition) is 1. The van der Waals surface area contributed by atoms with Gasteiger partial charge in [-0.15, -0.1) is 12.4 Å². The first-order valence-electron chi connectivity index (χ1n) is 7.48. The molecule has 1 atom stereocenters. The van der Waals surface area contributed by atoms with Crippen LogP contribution in [0.15, 0.2) is 42.5 Å². The highest BCUT2D eigenvalue weighted by atomic mass is 35.5. The number of nitrogens with one attached hydrogen (secondary N) is 1. The maximum absolute atomic E-state index is 4.67. The van der Waals surface area contributed by atoms with Crippen LogP contribution in [0.4, 0.5) is 0 Å². The topological polar surface area (TPSA) is 42.7 Å². The van der Waals surface area contributed by atoms with E-state index in [1.807, 2.05) is 11.6 Å². The second kappa shape index (κ2) is 6.07. The lowest BCUT2D eigenvalue weighted by Crippen LogP contribution is -2.18. The Morgan fingerprint density at radius 2 is 1.95 bits per heavy atom. The third-order valence-electron chi connectivity index (χ3n) is 4.10. The Morgan fingerprint density at radius 1 is 1.14 bits per heavy atom. The molecule has 0 amide bonds. The van der Waals surface area contributed by atoms with Crippen molar-refractivity contribution in [2.45, 2.75) is 25.8 Å². The summed E-state index contributed by atoms with van der Waals surface area (Å²) in [6.07, 6.45) is 2.33. The van der Waals surface area contributed by atoms with Gasteiger partial charge in [0.05, 0.1) is 11.7 Å². The van der Waals surface area contributed by atoms with E-state index < -0.39 is 0 Å². The molecule has 0 spiro atoms. The van der Waals surface area contributed by atoms with Gasteiger partial charge in [-0.2, -0.15) is 5.10 Å². The number of benzene rings is 2. The number of aromatic nitrogens is 3. The van der Waals surface area contributed by atoms with Crippen molar-refractivity contribution in [1.82, 2.24) is 20.1 Å². The van der Waals surface area contributed by atoms with Crippen molar-refractivity contribution >= 4 is 23.2 Å². The molecule has 114 valence electrons. The summed E-state index contributed by atoms with van der Waals surface area (Å²) in [4.78, 5) is 4.67. The van der Waals surface area contributed by atoms with E-state index in [4.69, 9.17) is 0 Å². The minimum absolute atomic E-state index is 0. The lowest BCUT2D eigenvalue weighted by molar-refractivity contribution is 0.584. The molecular weight excluding hydrogens is 296 g/mol. The van der Waals surface area contributed by atoms with Gasteiger partial charge in [0, 0.05) is 5.39 Å². The summed E-state index contributed by atoms with van der Waals surface area (Å²) in [7, 11) is 0. The molecule has 1 unspecified atom stereocenters. The van der Waals surface area contributed by atoms with Gasteiger partial charge in [0.25, 0.3) is 0 Å². The standard InChI is InChI=1S/C17H18N4.ClH/c1-12-19-17(15-9-5-11-18-15)21(20-12)16-10-4-7-13-6-2-3-8-14(13)16;/h2-4,6-8,10,15,18H,5,9,11H2,1H3;1H. The average molecular weight is 315 g/mol.